The number of rotatable bonds is 3. The summed E-state index contributed by atoms with van der Waals surface area (Å²) < 4.78 is 3.16. The lowest BCUT2D eigenvalue weighted by Crippen LogP contribution is -2.44. The number of aromatic nitrogens is 4. The maximum Gasteiger partial charge on any atom is 0.329 e. The second kappa shape index (κ2) is 7.03. The third kappa shape index (κ3) is 3.24. The van der Waals surface area contributed by atoms with Gasteiger partial charge in [-0.15, -0.1) is 0 Å². The van der Waals surface area contributed by atoms with Crippen LogP contribution in [-0.2, 0) is 13.6 Å². The van der Waals surface area contributed by atoms with Crippen LogP contribution in [0, 0.1) is 0 Å². The fourth-order valence-electron chi connectivity index (χ4n) is 3.30. The average Bonchev–Trinajstić information content (AvgIpc) is 3.03. The van der Waals surface area contributed by atoms with Gasteiger partial charge in [-0.1, -0.05) is 29.3 Å². The van der Waals surface area contributed by atoms with E-state index in [1.165, 1.54) is 4.57 Å². The van der Waals surface area contributed by atoms with Crippen LogP contribution in [0.15, 0.2) is 27.8 Å². The number of fused-ring (bicyclic) bond motifs is 1. The number of hydrogen-bond acceptors (Lipinski definition) is 5. The van der Waals surface area contributed by atoms with Crippen LogP contribution in [-0.4, -0.2) is 45.3 Å². The lowest BCUT2D eigenvalue weighted by atomic mass is 10.2. The average molecular weight is 409 g/mol. The highest BCUT2D eigenvalue weighted by atomic mass is 35.5. The summed E-state index contributed by atoms with van der Waals surface area (Å²) in [4.78, 5) is 33.7. The number of aromatic amines is 1. The van der Waals surface area contributed by atoms with E-state index in [0.717, 1.165) is 31.7 Å². The van der Waals surface area contributed by atoms with E-state index in [1.54, 1.807) is 19.2 Å². The molecule has 0 spiro atoms. The molecule has 3 aromatic rings. The molecular weight excluding hydrogens is 391 g/mol. The summed E-state index contributed by atoms with van der Waals surface area (Å²) >= 11 is 12.3. The summed E-state index contributed by atoms with van der Waals surface area (Å²) in [7, 11) is 1.59. The van der Waals surface area contributed by atoms with Crippen molar-refractivity contribution in [1.82, 2.24) is 24.4 Å². The van der Waals surface area contributed by atoms with E-state index in [-0.39, 0.29) is 0 Å². The number of benzene rings is 1. The molecule has 0 aliphatic carbocycles. The number of halogens is 2. The van der Waals surface area contributed by atoms with E-state index in [0.29, 0.717) is 33.7 Å². The van der Waals surface area contributed by atoms with Gasteiger partial charge in [0, 0.05) is 43.3 Å². The number of anilines is 1. The monoisotopic (exact) mass is 408 g/mol. The molecule has 1 aromatic carbocycles. The predicted molar refractivity (Wildman–Crippen MR) is 106 cm³/mol. The Bertz CT molecular complexity index is 1130. The summed E-state index contributed by atoms with van der Waals surface area (Å²) in [5.41, 5.74) is 0.546. The summed E-state index contributed by atoms with van der Waals surface area (Å²) in [5, 5.41) is 4.35. The van der Waals surface area contributed by atoms with Gasteiger partial charge in [-0.2, -0.15) is 4.98 Å². The van der Waals surface area contributed by atoms with Gasteiger partial charge < -0.3 is 10.2 Å². The van der Waals surface area contributed by atoms with Crippen molar-refractivity contribution in [2.75, 3.05) is 31.1 Å². The number of piperazine rings is 1. The summed E-state index contributed by atoms with van der Waals surface area (Å²) in [6.07, 6.45) is 0. The zero-order chi connectivity index (χ0) is 19.1. The van der Waals surface area contributed by atoms with Gasteiger partial charge in [0.05, 0.1) is 6.54 Å². The molecule has 10 heteroatoms. The largest absolute Gasteiger partial charge is 0.340 e. The molecule has 2 N–H and O–H groups in total. The van der Waals surface area contributed by atoms with Crippen LogP contribution in [0.2, 0.25) is 10.0 Å². The molecule has 0 atom stereocenters. The second-order valence-electron chi connectivity index (χ2n) is 6.46. The van der Waals surface area contributed by atoms with Crippen LogP contribution in [0.25, 0.3) is 11.2 Å². The van der Waals surface area contributed by atoms with Gasteiger partial charge in [-0.3, -0.25) is 18.9 Å². The molecule has 0 saturated carbocycles. The molecule has 2 aromatic heterocycles. The molecular formula is C17H18Cl2N6O2. The number of nitrogens with one attached hydrogen (secondary N) is 2. The molecule has 27 heavy (non-hydrogen) atoms. The van der Waals surface area contributed by atoms with Crippen molar-refractivity contribution in [1.29, 1.82) is 0 Å². The fourth-order valence-corrected chi connectivity index (χ4v) is 3.77. The predicted octanol–water partition coefficient (Wildman–Crippen LogP) is 1.19. The van der Waals surface area contributed by atoms with Gasteiger partial charge >= 0.3 is 5.69 Å². The molecule has 1 aliphatic heterocycles. The molecule has 142 valence electrons. The minimum Gasteiger partial charge on any atom is -0.340 e. The zero-order valence-electron chi connectivity index (χ0n) is 14.6. The Morgan fingerprint density at radius 3 is 2.63 bits per heavy atom. The molecule has 0 bridgehead atoms. The summed E-state index contributed by atoms with van der Waals surface area (Å²) in [6.45, 7) is 3.49. The molecule has 0 unspecified atom stereocenters. The molecule has 4 rings (SSSR count). The van der Waals surface area contributed by atoms with Gasteiger partial charge in [0.1, 0.15) is 0 Å². The van der Waals surface area contributed by atoms with Crippen LogP contribution < -0.4 is 21.5 Å². The molecule has 0 radical (unpaired) electrons. The molecule has 8 nitrogen and oxygen atoms in total. The van der Waals surface area contributed by atoms with Crippen molar-refractivity contribution >= 4 is 40.3 Å². The SMILES string of the molecule is Cn1c(=O)[nH]c(=O)c2c1nc(N1CCNCC1)n2Cc1ccc(Cl)cc1Cl. The summed E-state index contributed by atoms with van der Waals surface area (Å²) in [5.74, 6) is 0.643. The van der Waals surface area contributed by atoms with Gasteiger partial charge in [-0.05, 0) is 17.7 Å². The van der Waals surface area contributed by atoms with Gasteiger partial charge in [-0.25, -0.2) is 4.79 Å². The number of H-pyrrole nitrogens is 1. The highest BCUT2D eigenvalue weighted by Crippen LogP contribution is 2.26. The topological polar surface area (TPSA) is 87.9 Å². The second-order valence-corrected chi connectivity index (χ2v) is 7.30. The number of imidazole rings is 1. The zero-order valence-corrected chi connectivity index (χ0v) is 16.1. The third-order valence-electron chi connectivity index (χ3n) is 4.73. The fraction of sp³-hybridized carbons (Fsp3) is 0.353. The Morgan fingerprint density at radius 1 is 1.19 bits per heavy atom. The van der Waals surface area contributed by atoms with E-state index < -0.39 is 11.2 Å². The Morgan fingerprint density at radius 2 is 1.93 bits per heavy atom. The minimum atomic E-state index is -0.492. The first kappa shape index (κ1) is 18.1. The van der Waals surface area contributed by atoms with Gasteiger partial charge in [0.2, 0.25) is 5.95 Å². The smallest absolute Gasteiger partial charge is 0.329 e. The van der Waals surface area contributed by atoms with Crippen LogP contribution in [0.4, 0.5) is 5.95 Å². The van der Waals surface area contributed by atoms with Gasteiger partial charge in [0.15, 0.2) is 11.2 Å². The van der Waals surface area contributed by atoms with Crippen LogP contribution >= 0.6 is 23.2 Å². The maximum atomic E-state index is 12.6. The molecule has 0 amide bonds. The van der Waals surface area contributed by atoms with Crippen LogP contribution in [0.3, 0.4) is 0 Å². The first-order valence-electron chi connectivity index (χ1n) is 8.55. The summed E-state index contributed by atoms with van der Waals surface area (Å²) in [6, 6.07) is 5.25. The normalized spacial score (nSPS) is 14.9. The lowest BCUT2D eigenvalue weighted by molar-refractivity contribution is 0.571. The van der Waals surface area contributed by atoms with Gasteiger partial charge in [0.25, 0.3) is 5.56 Å². The van der Waals surface area contributed by atoms with Crippen molar-refractivity contribution in [2.24, 2.45) is 7.05 Å². The molecule has 3 heterocycles. The van der Waals surface area contributed by atoms with Crippen LogP contribution in [0.1, 0.15) is 5.56 Å². The molecule has 1 aliphatic rings. The maximum absolute atomic E-state index is 12.6. The lowest BCUT2D eigenvalue weighted by Gasteiger charge is -2.28. The van der Waals surface area contributed by atoms with E-state index in [2.05, 4.69) is 20.2 Å². The molecule has 1 saturated heterocycles. The van der Waals surface area contributed by atoms with Crippen LogP contribution in [0.5, 0.6) is 0 Å². The van der Waals surface area contributed by atoms with Crippen molar-refractivity contribution in [3.63, 3.8) is 0 Å². The number of aryl methyl sites for hydroxylation is 1. The van der Waals surface area contributed by atoms with E-state index in [1.807, 2.05) is 10.6 Å². The third-order valence-corrected chi connectivity index (χ3v) is 5.32. The Kier molecular flexibility index (Phi) is 4.71. The van der Waals surface area contributed by atoms with E-state index in [9.17, 15) is 9.59 Å². The molecule has 1 fully saturated rings. The quantitative estimate of drug-likeness (QED) is 0.679. The number of hydrogen-bond donors (Lipinski definition) is 2. The van der Waals surface area contributed by atoms with Crippen molar-refractivity contribution in [3.8, 4) is 0 Å². The Labute approximate surface area is 164 Å². The van der Waals surface area contributed by atoms with E-state index >= 15 is 0 Å². The minimum absolute atomic E-state index is 0.340. The first-order valence-corrected chi connectivity index (χ1v) is 9.30. The number of nitrogens with zero attached hydrogens (tertiary/aromatic N) is 4. The van der Waals surface area contributed by atoms with Crippen molar-refractivity contribution in [3.05, 3.63) is 54.6 Å². The standard InChI is InChI=1S/C17H18Cl2N6O2/c1-23-14-13(15(26)22-17(23)27)25(9-10-2-3-11(18)8-12(10)19)16(21-14)24-6-4-20-5-7-24/h2-3,8,20H,4-7,9H2,1H3,(H,22,26,27). The van der Waals surface area contributed by atoms with E-state index in [4.69, 9.17) is 23.2 Å². The highest BCUT2D eigenvalue weighted by molar-refractivity contribution is 6.35. The first-order chi connectivity index (χ1) is 13.0. The van der Waals surface area contributed by atoms with Crippen molar-refractivity contribution in [2.45, 2.75) is 6.54 Å². The van der Waals surface area contributed by atoms with Crippen molar-refractivity contribution < 1.29 is 0 Å². The Balaban J connectivity index is 1.94. The Hall–Kier alpha value is -2.29. The highest BCUT2D eigenvalue weighted by Gasteiger charge is 2.23.